The number of hydrogen-bond donors (Lipinski definition) is 1. The first-order valence-corrected chi connectivity index (χ1v) is 10.3. The summed E-state index contributed by atoms with van der Waals surface area (Å²) in [6.07, 6.45) is 1.40. The first kappa shape index (κ1) is 25.6. The Balaban J connectivity index is 0.00000167. The van der Waals surface area contributed by atoms with E-state index < -0.39 is 46.6 Å². The second-order valence-electron chi connectivity index (χ2n) is 7.05. The molecule has 0 unspecified atom stereocenters. The molecule has 0 bridgehead atoms. The van der Waals surface area contributed by atoms with Gasteiger partial charge in [0.1, 0.15) is 22.8 Å². The number of nitrogens with zero attached hydrogens (tertiary/aromatic N) is 2. The molecule has 0 saturated heterocycles. The molecule has 11 heteroatoms. The van der Waals surface area contributed by atoms with Crippen molar-refractivity contribution in [1.29, 1.82) is 0 Å². The van der Waals surface area contributed by atoms with Crippen LogP contribution in [0, 0.1) is 41.8 Å². The van der Waals surface area contributed by atoms with Crippen LogP contribution in [0.4, 0.5) is 37.8 Å². The zero-order chi connectivity index (χ0) is 26.0. The lowest BCUT2D eigenvalue weighted by Crippen LogP contribution is -2.15. The number of pyridine rings is 1. The Morgan fingerprint density at radius 2 is 1.54 bits per heavy atom. The highest BCUT2D eigenvalue weighted by Gasteiger charge is 2.31. The Kier molecular flexibility index (Phi) is 7.37. The molecule has 0 fully saturated rings. The Morgan fingerprint density at radius 3 is 2.14 bits per heavy atom. The standard InChI is InChI=1S/C22H13F6N3O2.C2H6/c1-9-5-6-12(11(23)8-9)30-21-13(10-4-3-7-29-20(10)31(21)2)22(32)33-19-17(27)15(25)14(24)16(26)18(19)28;1-2/h3-8,30H,1-2H3;1-2H3. The second-order valence-corrected chi connectivity index (χ2v) is 7.05. The lowest BCUT2D eigenvalue weighted by atomic mass is 10.2. The van der Waals surface area contributed by atoms with Gasteiger partial charge in [0.25, 0.3) is 0 Å². The van der Waals surface area contributed by atoms with E-state index in [2.05, 4.69) is 15.0 Å². The molecule has 0 saturated carbocycles. The highest BCUT2D eigenvalue weighted by Crippen LogP contribution is 2.34. The predicted molar refractivity (Wildman–Crippen MR) is 118 cm³/mol. The molecule has 0 radical (unpaired) electrons. The van der Waals surface area contributed by atoms with E-state index in [1.807, 2.05) is 13.8 Å². The minimum Gasteiger partial charge on any atom is -0.416 e. The van der Waals surface area contributed by atoms with Crippen LogP contribution in [0.5, 0.6) is 5.75 Å². The summed E-state index contributed by atoms with van der Waals surface area (Å²) in [6, 6.07) is 7.10. The van der Waals surface area contributed by atoms with Crippen LogP contribution < -0.4 is 10.1 Å². The van der Waals surface area contributed by atoms with Gasteiger partial charge in [-0.25, -0.2) is 27.3 Å². The SMILES string of the molecule is CC.Cc1ccc(Nc2c(C(=O)Oc3c(F)c(F)c(F)c(F)c3F)c3cccnc3n2C)c(F)c1. The molecular weight excluding hydrogens is 476 g/mol. The maximum absolute atomic E-state index is 14.4. The number of nitrogens with one attached hydrogen (secondary N) is 1. The quantitative estimate of drug-likeness (QED) is 0.113. The number of aromatic nitrogens is 2. The Morgan fingerprint density at radius 1 is 0.943 bits per heavy atom. The van der Waals surface area contributed by atoms with Gasteiger partial charge in [0.05, 0.1) is 5.69 Å². The van der Waals surface area contributed by atoms with Crippen molar-refractivity contribution < 1.29 is 35.9 Å². The summed E-state index contributed by atoms with van der Waals surface area (Å²) >= 11 is 0. The molecule has 5 nitrogen and oxygen atoms in total. The number of hydrogen-bond acceptors (Lipinski definition) is 4. The number of halogens is 6. The fraction of sp³-hybridized carbons (Fsp3) is 0.167. The van der Waals surface area contributed by atoms with Crippen molar-refractivity contribution in [2.45, 2.75) is 20.8 Å². The van der Waals surface area contributed by atoms with E-state index in [0.29, 0.717) is 5.56 Å². The number of ether oxygens (including phenoxy) is 1. The minimum atomic E-state index is -2.39. The molecule has 35 heavy (non-hydrogen) atoms. The van der Waals surface area contributed by atoms with Gasteiger partial charge in [0.2, 0.25) is 34.8 Å². The smallest absolute Gasteiger partial charge is 0.348 e. The summed E-state index contributed by atoms with van der Waals surface area (Å²) in [6.45, 7) is 5.67. The summed E-state index contributed by atoms with van der Waals surface area (Å²) in [5.41, 5.74) is 0.431. The van der Waals surface area contributed by atoms with Crippen LogP contribution >= 0.6 is 0 Å². The van der Waals surface area contributed by atoms with Gasteiger partial charge >= 0.3 is 5.97 Å². The molecular formula is C24H19F6N3O2. The van der Waals surface area contributed by atoms with Crippen molar-refractivity contribution in [2.75, 3.05) is 5.32 Å². The summed E-state index contributed by atoms with van der Waals surface area (Å²) in [5, 5.41) is 2.83. The number of carbonyl (C=O) groups is 1. The number of aryl methyl sites for hydroxylation is 2. The lowest BCUT2D eigenvalue weighted by Gasteiger charge is -2.13. The normalized spacial score (nSPS) is 10.7. The van der Waals surface area contributed by atoms with E-state index in [0.717, 1.165) is 0 Å². The van der Waals surface area contributed by atoms with Crippen LogP contribution in [0.15, 0.2) is 36.5 Å². The molecule has 2 heterocycles. The maximum Gasteiger partial charge on any atom is 0.348 e. The molecule has 2 aromatic heterocycles. The number of benzene rings is 2. The third-order valence-electron chi connectivity index (χ3n) is 4.89. The number of carbonyl (C=O) groups excluding carboxylic acids is 1. The molecule has 4 aromatic rings. The van der Waals surface area contributed by atoms with Crippen molar-refractivity contribution in [3.8, 4) is 5.75 Å². The summed E-state index contributed by atoms with van der Waals surface area (Å²) in [4.78, 5) is 17.0. The van der Waals surface area contributed by atoms with Gasteiger partial charge < -0.3 is 14.6 Å². The molecule has 0 aliphatic heterocycles. The minimum absolute atomic E-state index is 0.0446. The average molecular weight is 495 g/mol. The fourth-order valence-electron chi connectivity index (χ4n) is 3.28. The van der Waals surface area contributed by atoms with Gasteiger partial charge in [0.15, 0.2) is 0 Å². The van der Waals surface area contributed by atoms with Crippen molar-refractivity contribution in [3.05, 3.63) is 82.6 Å². The van der Waals surface area contributed by atoms with Gasteiger partial charge in [-0.3, -0.25) is 0 Å². The number of esters is 1. The fourth-order valence-corrected chi connectivity index (χ4v) is 3.28. The first-order valence-electron chi connectivity index (χ1n) is 10.3. The van der Waals surface area contributed by atoms with E-state index in [-0.39, 0.29) is 28.1 Å². The number of fused-ring (bicyclic) bond motifs is 1. The molecule has 184 valence electrons. The van der Waals surface area contributed by atoms with Gasteiger partial charge in [-0.2, -0.15) is 8.78 Å². The molecule has 0 amide bonds. The summed E-state index contributed by atoms with van der Waals surface area (Å²) < 4.78 is 88.9. The molecule has 0 spiro atoms. The Hall–Kier alpha value is -4.02. The van der Waals surface area contributed by atoms with Crippen molar-refractivity contribution in [3.63, 3.8) is 0 Å². The molecule has 4 rings (SSSR count). The Bertz CT molecular complexity index is 1410. The zero-order valence-electron chi connectivity index (χ0n) is 18.9. The summed E-state index contributed by atoms with van der Waals surface area (Å²) in [7, 11) is 1.47. The molecule has 2 aromatic carbocycles. The predicted octanol–water partition coefficient (Wildman–Crippen LogP) is 6.71. The Labute approximate surface area is 196 Å². The monoisotopic (exact) mass is 495 g/mol. The number of rotatable bonds is 4. The highest BCUT2D eigenvalue weighted by molar-refractivity contribution is 6.10. The van der Waals surface area contributed by atoms with Gasteiger partial charge in [-0.1, -0.05) is 19.9 Å². The van der Waals surface area contributed by atoms with Crippen LogP contribution in [-0.4, -0.2) is 15.5 Å². The molecule has 0 atom stereocenters. The van der Waals surface area contributed by atoms with E-state index in [1.54, 1.807) is 13.0 Å². The van der Waals surface area contributed by atoms with Crippen molar-refractivity contribution in [2.24, 2.45) is 7.05 Å². The van der Waals surface area contributed by atoms with Crippen molar-refractivity contribution >= 4 is 28.5 Å². The zero-order valence-corrected chi connectivity index (χ0v) is 18.9. The third-order valence-corrected chi connectivity index (χ3v) is 4.89. The van der Waals surface area contributed by atoms with Crippen LogP contribution in [0.25, 0.3) is 11.0 Å². The van der Waals surface area contributed by atoms with Crippen LogP contribution in [0.3, 0.4) is 0 Å². The van der Waals surface area contributed by atoms with Crippen LogP contribution in [0.1, 0.15) is 29.8 Å². The van der Waals surface area contributed by atoms with E-state index >= 15 is 0 Å². The third kappa shape index (κ3) is 4.53. The van der Waals surface area contributed by atoms with Crippen LogP contribution in [-0.2, 0) is 7.05 Å². The molecule has 0 aliphatic carbocycles. The van der Waals surface area contributed by atoms with Gasteiger partial charge in [0, 0.05) is 18.6 Å². The van der Waals surface area contributed by atoms with Crippen molar-refractivity contribution in [1.82, 2.24) is 9.55 Å². The summed E-state index contributed by atoms with van der Waals surface area (Å²) in [5.74, 6) is -15.5. The van der Waals surface area contributed by atoms with Crippen LogP contribution in [0.2, 0.25) is 0 Å². The molecule has 1 N–H and O–H groups in total. The highest BCUT2D eigenvalue weighted by atomic mass is 19.2. The second kappa shape index (κ2) is 10.1. The molecule has 0 aliphatic rings. The van der Waals surface area contributed by atoms with E-state index in [4.69, 9.17) is 0 Å². The largest absolute Gasteiger partial charge is 0.416 e. The van der Waals surface area contributed by atoms with E-state index in [9.17, 15) is 31.1 Å². The van der Waals surface area contributed by atoms with Gasteiger partial charge in [-0.05, 0) is 36.8 Å². The first-order chi connectivity index (χ1) is 16.6. The topological polar surface area (TPSA) is 56.1 Å². The maximum atomic E-state index is 14.4. The average Bonchev–Trinajstić information content (AvgIpc) is 3.13. The number of anilines is 2. The van der Waals surface area contributed by atoms with E-state index in [1.165, 1.54) is 42.1 Å². The van der Waals surface area contributed by atoms with Gasteiger partial charge in [-0.15, -0.1) is 0 Å². The lowest BCUT2D eigenvalue weighted by molar-refractivity contribution is 0.0719.